The van der Waals surface area contributed by atoms with Crippen LogP contribution in [0.2, 0.25) is 0 Å². The van der Waals surface area contributed by atoms with Crippen LogP contribution in [0, 0.1) is 16.0 Å². The van der Waals surface area contributed by atoms with Gasteiger partial charge in [0.15, 0.2) is 5.78 Å². The number of amides is 2. The highest BCUT2D eigenvalue weighted by molar-refractivity contribution is 6.18. The van der Waals surface area contributed by atoms with Crippen molar-refractivity contribution in [2.24, 2.45) is 5.92 Å². The van der Waals surface area contributed by atoms with Gasteiger partial charge >= 0.3 is 0 Å². The van der Waals surface area contributed by atoms with E-state index < -0.39 is 45.4 Å². The van der Waals surface area contributed by atoms with Gasteiger partial charge in [0.1, 0.15) is 11.0 Å². The van der Waals surface area contributed by atoms with Crippen LogP contribution in [-0.4, -0.2) is 28.6 Å². The largest absolute Gasteiger partial charge is 0.325 e. The minimum Gasteiger partial charge on any atom is -0.325 e. The Bertz CT molecular complexity index is 1760. The molecule has 3 aliphatic rings. The second kappa shape index (κ2) is 8.94. The summed E-state index contributed by atoms with van der Waals surface area (Å²) >= 11 is 0. The first-order valence-corrected chi connectivity index (χ1v) is 13.3. The first-order valence-electron chi connectivity index (χ1n) is 13.3. The number of fused-ring (bicyclic) bond motifs is 4. The maximum absolute atomic E-state index is 14.8. The van der Waals surface area contributed by atoms with Crippen LogP contribution >= 0.6 is 0 Å². The van der Waals surface area contributed by atoms with E-state index in [2.05, 4.69) is 16.0 Å². The number of nitrogens with zero attached hydrogens (tertiary/aromatic N) is 1. The summed E-state index contributed by atoms with van der Waals surface area (Å²) in [5, 5.41) is 21.2. The van der Waals surface area contributed by atoms with Crippen molar-refractivity contribution in [1.29, 1.82) is 0 Å². The molecule has 4 aromatic carbocycles. The van der Waals surface area contributed by atoms with Crippen molar-refractivity contribution in [1.82, 2.24) is 5.32 Å². The quantitative estimate of drug-likeness (QED) is 0.195. The fraction of sp³-hybridized carbons (Fsp3) is 0.156. The molecule has 0 aliphatic carbocycles. The zero-order chi connectivity index (χ0) is 28.4. The van der Waals surface area contributed by atoms with E-state index in [1.54, 1.807) is 42.5 Å². The van der Waals surface area contributed by atoms with Crippen molar-refractivity contribution in [2.45, 2.75) is 23.4 Å². The van der Waals surface area contributed by atoms with Crippen LogP contribution in [0.15, 0.2) is 103 Å². The maximum Gasteiger partial charge on any atom is 0.269 e. The molecule has 41 heavy (non-hydrogen) atoms. The molecule has 0 unspecified atom stereocenters. The Morgan fingerprint density at radius 2 is 1.41 bits per heavy atom. The zero-order valence-electron chi connectivity index (χ0n) is 21.7. The number of hydrogen-bond donors (Lipinski definition) is 3. The van der Waals surface area contributed by atoms with E-state index in [1.165, 1.54) is 18.2 Å². The first kappa shape index (κ1) is 24.9. The Hall–Kier alpha value is -5.15. The second-order valence-corrected chi connectivity index (χ2v) is 10.7. The average Bonchev–Trinajstić information content (AvgIpc) is 3.56. The molecular weight excluding hydrogens is 520 g/mol. The summed E-state index contributed by atoms with van der Waals surface area (Å²) in [6.07, 6.45) is 0.320. The third kappa shape index (κ3) is 3.36. The molecule has 4 aromatic rings. The molecule has 3 N–H and O–H groups in total. The molecule has 0 bridgehead atoms. The van der Waals surface area contributed by atoms with Gasteiger partial charge in [0, 0.05) is 40.7 Å². The van der Waals surface area contributed by atoms with E-state index in [0.29, 0.717) is 28.9 Å². The molecule has 0 radical (unpaired) electrons. The SMILES string of the molecule is O=C(c1ccccc1)[C@H]1[C@]2(C(=O)Nc3ccccc32)[C@H](Cc2ccccc2)N[C@]12C(=O)Nc1ccc([N+](=O)[O-])cc12. The molecule has 0 saturated carbocycles. The van der Waals surface area contributed by atoms with Gasteiger partial charge in [0.2, 0.25) is 11.8 Å². The second-order valence-electron chi connectivity index (χ2n) is 10.7. The first-order chi connectivity index (χ1) is 19.9. The summed E-state index contributed by atoms with van der Waals surface area (Å²) in [4.78, 5) is 54.7. The van der Waals surface area contributed by atoms with E-state index in [0.717, 1.165) is 5.56 Å². The minimum absolute atomic E-state index is 0.218. The van der Waals surface area contributed by atoms with Crippen molar-refractivity contribution in [3.05, 3.63) is 135 Å². The maximum atomic E-state index is 14.8. The lowest BCUT2D eigenvalue weighted by molar-refractivity contribution is -0.384. The van der Waals surface area contributed by atoms with Crippen LogP contribution in [0.25, 0.3) is 0 Å². The molecule has 7 rings (SSSR count). The molecule has 0 aromatic heterocycles. The molecular formula is C32H24N4O5. The molecule has 202 valence electrons. The molecule has 4 atom stereocenters. The van der Waals surface area contributed by atoms with Crippen LogP contribution in [0.3, 0.4) is 0 Å². The highest BCUT2D eigenvalue weighted by Gasteiger charge is 2.75. The van der Waals surface area contributed by atoms with Gasteiger partial charge in [-0.25, -0.2) is 0 Å². The highest BCUT2D eigenvalue weighted by atomic mass is 16.6. The molecule has 2 amide bonds. The number of non-ortho nitro benzene ring substituents is 1. The topological polar surface area (TPSA) is 130 Å². The predicted molar refractivity (Wildman–Crippen MR) is 151 cm³/mol. The number of hydrogen-bond acceptors (Lipinski definition) is 6. The molecule has 1 fully saturated rings. The average molecular weight is 545 g/mol. The van der Waals surface area contributed by atoms with Gasteiger partial charge < -0.3 is 10.6 Å². The molecule has 3 aliphatic heterocycles. The van der Waals surface area contributed by atoms with Crippen molar-refractivity contribution in [3.63, 3.8) is 0 Å². The lowest BCUT2D eigenvalue weighted by Gasteiger charge is -2.36. The Morgan fingerprint density at radius 3 is 2.15 bits per heavy atom. The van der Waals surface area contributed by atoms with Crippen LogP contribution in [-0.2, 0) is 27.0 Å². The number of nitro groups is 1. The number of rotatable bonds is 5. The standard InChI is InChI=1S/C32H24N4O5/c37-27(20-11-5-2-6-12-20)28-31(22-13-7-8-14-24(22)33-29(31)38)26(17-19-9-3-1-4-10-19)35-32(28)23-18-21(36(40)41)15-16-25(23)34-30(32)39/h1-16,18,26,28,35H,17H2,(H,33,38)(H,34,39)/t26-,28-,31+,32-/m0/s1. The number of benzene rings is 4. The van der Waals surface area contributed by atoms with Crippen molar-refractivity contribution in [2.75, 3.05) is 10.6 Å². The smallest absolute Gasteiger partial charge is 0.269 e. The number of anilines is 2. The summed E-state index contributed by atoms with van der Waals surface area (Å²) in [7, 11) is 0. The molecule has 1 saturated heterocycles. The lowest BCUT2D eigenvalue weighted by Crippen LogP contribution is -2.54. The summed E-state index contributed by atoms with van der Waals surface area (Å²) in [6.45, 7) is 0. The minimum atomic E-state index is -1.76. The number of nitrogens with one attached hydrogen (secondary N) is 3. The Kier molecular flexibility index (Phi) is 5.42. The number of para-hydroxylation sites is 1. The van der Waals surface area contributed by atoms with Crippen molar-refractivity contribution >= 4 is 34.7 Å². The monoisotopic (exact) mass is 544 g/mol. The van der Waals surface area contributed by atoms with Crippen LogP contribution in [0.1, 0.15) is 27.0 Å². The lowest BCUT2D eigenvalue weighted by atomic mass is 9.60. The fourth-order valence-corrected chi connectivity index (χ4v) is 7.04. The van der Waals surface area contributed by atoms with Gasteiger partial charge in [0.25, 0.3) is 5.69 Å². The summed E-state index contributed by atoms with van der Waals surface area (Å²) in [6, 6.07) is 28.7. The van der Waals surface area contributed by atoms with Gasteiger partial charge in [0.05, 0.1) is 10.8 Å². The van der Waals surface area contributed by atoms with Gasteiger partial charge in [-0.3, -0.25) is 29.8 Å². The third-order valence-corrected chi connectivity index (χ3v) is 8.68. The third-order valence-electron chi connectivity index (χ3n) is 8.68. The van der Waals surface area contributed by atoms with E-state index in [-0.39, 0.29) is 11.3 Å². The van der Waals surface area contributed by atoms with Gasteiger partial charge in [-0.15, -0.1) is 0 Å². The van der Waals surface area contributed by atoms with E-state index in [1.807, 2.05) is 42.5 Å². The number of nitro benzene ring substituents is 1. The van der Waals surface area contributed by atoms with Crippen molar-refractivity contribution < 1.29 is 19.3 Å². The summed E-state index contributed by atoms with van der Waals surface area (Å²) < 4.78 is 0. The van der Waals surface area contributed by atoms with E-state index >= 15 is 0 Å². The van der Waals surface area contributed by atoms with E-state index in [9.17, 15) is 24.5 Å². The number of Topliss-reactive ketones (excluding diaryl/α,β-unsaturated/α-hetero) is 1. The molecule has 9 nitrogen and oxygen atoms in total. The van der Waals surface area contributed by atoms with Gasteiger partial charge in [-0.05, 0) is 29.7 Å². The highest BCUT2D eigenvalue weighted by Crippen LogP contribution is 2.60. The Morgan fingerprint density at radius 1 is 0.780 bits per heavy atom. The fourth-order valence-electron chi connectivity index (χ4n) is 7.04. The number of ketones is 1. The summed E-state index contributed by atoms with van der Waals surface area (Å²) in [5.41, 5.74) is -0.437. The zero-order valence-corrected chi connectivity index (χ0v) is 21.7. The number of carbonyl (C=O) groups excluding carboxylic acids is 3. The summed E-state index contributed by atoms with van der Waals surface area (Å²) in [5.74, 6) is -2.60. The van der Waals surface area contributed by atoms with Crippen LogP contribution < -0.4 is 16.0 Å². The molecule has 9 heteroatoms. The molecule has 3 heterocycles. The normalized spacial score (nSPS) is 25.6. The van der Waals surface area contributed by atoms with Crippen LogP contribution in [0.4, 0.5) is 17.1 Å². The van der Waals surface area contributed by atoms with Crippen LogP contribution in [0.5, 0.6) is 0 Å². The van der Waals surface area contributed by atoms with E-state index in [4.69, 9.17) is 0 Å². The van der Waals surface area contributed by atoms with Gasteiger partial charge in [-0.2, -0.15) is 0 Å². The Labute approximate surface area is 234 Å². The predicted octanol–water partition coefficient (Wildman–Crippen LogP) is 4.35. The molecule has 2 spiro atoms. The van der Waals surface area contributed by atoms with Crippen molar-refractivity contribution in [3.8, 4) is 0 Å². The van der Waals surface area contributed by atoms with Gasteiger partial charge in [-0.1, -0.05) is 78.9 Å². The Balaban J connectivity index is 1.55. The number of carbonyl (C=O) groups is 3.